The molecule has 0 heterocycles. The van der Waals surface area contributed by atoms with Gasteiger partial charge in [0.2, 0.25) is 0 Å². The van der Waals surface area contributed by atoms with E-state index in [4.69, 9.17) is 19.7 Å². The molecule has 0 aromatic rings. The van der Waals surface area contributed by atoms with E-state index in [1.54, 1.807) is 0 Å². The van der Waals surface area contributed by atoms with Crippen LogP contribution in [0.25, 0.3) is 0 Å². The number of aliphatic hydroxyl groups excluding tert-OH is 2. The van der Waals surface area contributed by atoms with Crippen molar-refractivity contribution in [3.8, 4) is 0 Å². The first-order valence-electron chi connectivity index (χ1n) is 6.29. The minimum atomic E-state index is 0.275. The Morgan fingerprint density at radius 2 is 0.938 bits per heavy atom. The molecule has 2 N–H and O–H groups in total. The van der Waals surface area contributed by atoms with Gasteiger partial charge in [-0.05, 0) is 38.5 Å². The largest absolute Gasteiger partial charge is 0.396 e. The molecule has 0 rings (SSSR count). The van der Waals surface area contributed by atoms with Crippen molar-refractivity contribution in [2.45, 2.75) is 38.5 Å². The summed E-state index contributed by atoms with van der Waals surface area (Å²) in [6.45, 7) is 3.37. The normalized spacial score (nSPS) is 10.9. The zero-order valence-electron chi connectivity index (χ0n) is 10.2. The maximum atomic E-state index is 8.55. The molecule has 0 aromatic heterocycles. The molecule has 0 saturated heterocycles. The molecular formula is C12H26O4. The molecule has 0 aromatic carbocycles. The van der Waals surface area contributed by atoms with Gasteiger partial charge in [-0.25, -0.2) is 0 Å². The molecule has 0 aliphatic rings. The van der Waals surface area contributed by atoms with Crippen LogP contribution in [0.5, 0.6) is 0 Å². The van der Waals surface area contributed by atoms with Crippen LogP contribution in [-0.4, -0.2) is 49.9 Å². The summed E-state index contributed by atoms with van der Waals surface area (Å²) in [5, 5.41) is 17.1. The van der Waals surface area contributed by atoms with Crippen LogP contribution in [0.2, 0.25) is 0 Å². The molecule has 0 radical (unpaired) electrons. The van der Waals surface area contributed by atoms with Crippen molar-refractivity contribution in [2.75, 3.05) is 39.6 Å². The second-order valence-electron chi connectivity index (χ2n) is 3.79. The van der Waals surface area contributed by atoms with E-state index < -0.39 is 0 Å². The molecule has 0 spiro atoms. The molecule has 0 aliphatic heterocycles. The third kappa shape index (κ3) is 13.8. The monoisotopic (exact) mass is 234 g/mol. The summed E-state index contributed by atoms with van der Waals surface area (Å²) in [5.41, 5.74) is 0. The quantitative estimate of drug-likeness (QED) is 0.472. The third-order valence-electron chi connectivity index (χ3n) is 2.27. The van der Waals surface area contributed by atoms with Crippen LogP contribution in [0.3, 0.4) is 0 Å². The van der Waals surface area contributed by atoms with E-state index in [0.29, 0.717) is 13.2 Å². The minimum Gasteiger partial charge on any atom is -0.396 e. The van der Waals surface area contributed by atoms with Gasteiger partial charge in [-0.15, -0.1) is 0 Å². The molecule has 0 amide bonds. The van der Waals surface area contributed by atoms with Crippen LogP contribution in [-0.2, 0) is 9.47 Å². The molecule has 0 fully saturated rings. The zero-order chi connectivity index (χ0) is 11.9. The fourth-order valence-corrected chi connectivity index (χ4v) is 1.31. The molecule has 4 heteroatoms. The lowest BCUT2D eigenvalue weighted by Gasteiger charge is -2.05. The first-order valence-corrected chi connectivity index (χ1v) is 6.29. The van der Waals surface area contributed by atoms with Gasteiger partial charge in [-0.3, -0.25) is 0 Å². The average Bonchev–Trinajstić information content (AvgIpc) is 2.31. The highest BCUT2D eigenvalue weighted by atomic mass is 16.5. The Labute approximate surface area is 98.6 Å². The Morgan fingerprint density at radius 3 is 1.31 bits per heavy atom. The van der Waals surface area contributed by atoms with Gasteiger partial charge in [0.15, 0.2) is 0 Å². The number of hydrogen-bond acceptors (Lipinski definition) is 4. The summed E-state index contributed by atoms with van der Waals surface area (Å²) < 4.78 is 10.7. The lowest BCUT2D eigenvalue weighted by atomic mass is 10.2. The number of hydrogen-bond donors (Lipinski definition) is 2. The predicted octanol–water partition coefficient (Wildman–Crippen LogP) is 1.34. The fraction of sp³-hybridized carbons (Fsp3) is 1.00. The number of unbranched alkanes of at least 4 members (excludes halogenated alkanes) is 4. The number of ether oxygens (including phenoxy) is 2. The van der Waals surface area contributed by atoms with Crippen LogP contribution in [0, 0.1) is 0 Å². The van der Waals surface area contributed by atoms with E-state index in [0.717, 1.165) is 51.7 Å². The molecule has 98 valence electrons. The maximum Gasteiger partial charge on any atom is 0.0700 e. The van der Waals surface area contributed by atoms with E-state index >= 15 is 0 Å². The topological polar surface area (TPSA) is 58.9 Å². The fourth-order valence-electron chi connectivity index (χ4n) is 1.31. The SMILES string of the molecule is OCCCCCOCCOCCCCCO. The molecule has 16 heavy (non-hydrogen) atoms. The summed E-state index contributed by atoms with van der Waals surface area (Å²) in [6, 6.07) is 0. The lowest BCUT2D eigenvalue weighted by Crippen LogP contribution is -2.06. The minimum absolute atomic E-state index is 0.275. The van der Waals surface area contributed by atoms with Crippen molar-refractivity contribution >= 4 is 0 Å². The summed E-state index contributed by atoms with van der Waals surface area (Å²) in [7, 11) is 0. The summed E-state index contributed by atoms with van der Waals surface area (Å²) >= 11 is 0. The van der Waals surface area contributed by atoms with E-state index in [2.05, 4.69) is 0 Å². The van der Waals surface area contributed by atoms with Crippen LogP contribution in [0.15, 0.2) is 0 Å². The van der Waals surface area contributed by atoms with Gasteiger partial charge in [0.25, 0.3) is 0 Å². The lowest BCUT2D eigenvalue weighted by molar-refractivity contribution is 0.0443. The van der Waals surface area contributed by atoms with E-state index in [9.17, 15) is 0 Å². The van der Waals surface area contributed by atoms with Gasteiger partial charge in [0.05, 0.1) is 13.2 Å². The van der Waals surface area contributed by atoms with Crippen molar-refractivity contribution in [3.05, 3.63) is 0 Å². The standard InChI is InChI=1S/C12H26O4/c13-7-3-1-5-9-15-11-12-16-10-6-2-4-8-14/h13-14H,1-12H2. The van der Waals surface area contributed by atoms with Crippen molar-refractivity contribution in [3.63, 3.8) is 0 Å². The van der Waals surface area contributed by atoms with E-state index in [-0.39, 0.29) is 13.2 Å². The highest BCUT2D eigenvalue weighted by Gasteiger charge is 1.92. The molecule has 0 saturated carbocycles. The van der Waals surface area contributed by atoms with Gasteiger partial charge in [0, 0.05) is 26.4 Å². The van der Waals surface area contributed by atoms with E-state index in [1.807, 2.05) is 0 Å². The zero-order valence-corrected chi connectivity index (χ0v) is 10.2. The van der Waals surface area contributed by atoms with Crippen molar-refractivity contribution in [2.24, 2.45) is 0 Å². The molecule has 0 unspecified atom stereocenters. The molecule has 0 bridgehead atoms. The van der Waals surface area contributed by atoms with Gasteiger partial charge in [-0.1, -0.05) is 0 Å². The average molecular weight is 234 g/mol. The number of rotatable bonds is 13. The highest BCUT2D eigenvalue weighted by molar-refractivity contribution is 4.41. The van der Waals surface area contributed by atoms with Crippen LogP contribution >= 0.6 is 0 Å². The van der Waals surface area contributed by atoms with Crippen LogP contribution < -0.4 is 0 Å². The molecular weight excluding hydrogens is 208 g/mol. The van der Waals surface area contributed by atoms with E-state index in [1.165, 1.54) is 0 Å². The van der Waals surface area contributed by atoms with Crippen LogP contribution in [0.4, 0.5) is 0 Å². The molecule has 0 aliphatic carbocycles. The Morgan fingerprint density at radius 1 is 0.500 bits per heavy atom. The molecule has 4 nitrogen and oxygen atoms in total. The van der Waals surface area contributed by atoms with Gasteiger partial charge in [0.1, 0.15) is 0 Å². The van der Waals surface area contributed by atoms with Crippen molar-refractivity contribution in [1.82, 2.24) is 0 Å². The summed E-state index contributed by atoms with van der Waals surface area (Å²) in [6.07, 6.45) is 5.81. The summed E-state index contributed by atoms with van der Waals surface area (Å²) in [4.78, 5) is 0. The highest BCUT2D eigenvalue weighted by Crippen LogP contribution is 1.96. The van der Waals surface area contributed by atoms with Gasteiger partial charge in [-0.2, -0.15) is 0 Å². The Balaban J connectivity index is 2.83. The first-order chi connectivity index (χ1) is 7.91. The summed E-state index contributed by atoms with van der Waals surface area (Å²) in [5.74, 6) is 0. The Hall–Kier alpha value is -0.160. The Kier molecular flexibility index (Phi) is 14.7. The predicted molar refractivity (Wildman–Crippen MR) is 63.5 cm³/mol. The first kappa shape index (κ1) is 15.8. The second-order valence-corrected chi connectivity index (χ2v) is 3.79. The van der Waals surface area contributed by atoms with Gasteiger partial charge < -0.3 is 19.7 Å². The molecule has 0 atom stereocenters. The van der Waals surface area contributed by atoms with Crippen LogP contribution in [0.1, 0.15) is 38.5 Å². The smallest absolute Gasteiger partial charge is 0.0700 e. The Bertz CT molecular complexity index is 106. The maximum absolute atomic E-state index is 8.55. The third-order valence-corrected chi connectivity index (χ3v) is 2.27. The number of aliphatic hydroxyl groups is 2. The van der Waals surface area contributed by atoms with Gasteiger partial charge >= 0.3 is 0 Å². The van der Waals surface area contributed by atoms with Crippen molar-refractivity contribution < 1.29 is 19.7 Å². The second kappa shape index (κ2) is 14.8. The van der Waals surface area contributed by atoms with Crippen molar-refractivity contribution in [1.29, 1.82) is 0 Å².